The molecule has 6 atom stereocenters. The summed E-state index contributed by atoms with van der Waals surface area (Å²) in [6.45, 7) is 1.56. The lowest BCUT2D eigenvalue weighted by molar-refractivity contribution is -0.304. The SMILES string of the molecule is CCCCCCCCCCCCCCC=COCC(O)CO[C@@H]1O[C@H](CO)[C@H](O)[C@H](O)[C@H]1O. The van der Waals surface area contributed by atoms with Crippen molar-refractivity contribution >= 4 is 0 Å². The Bertz CT molecular complexity index is 473. The van der Waals surface area contributed by atoms with Crippen LogP contribution in [0.2, 0.25) is 0 Å². The van der Waals surface area contributed by atoms with Crippen LogP contribution in [-0.4, -0.2) is 82.2 Å². The van der Waals surface area contributed by atoms with Gasteiger partial charge in [-0.2, -0.15) is 0 Å². The van der Waals surface area contributed by atoms with Crippen molar-refractivity contribution in [2.45, 2.75) is 127 Å². The number of aliphatic hydroxyl groups excluding tert-OH is 5. The second kappa shape index (κ2) is 19.6. The summed E-state index contributed by atoms with van der Waals surface area (Å²) in [5, 5.41) is 48.5. The summed E-state index contributed by atoms with van der Waals surface area (Å²) in [6.07, 6.45) is 12.7. The molecule has 33 heavy (non-hydrogen) atoms. The van der Waals surface area contributed by atoms with Crippen molar-refractivity contribution in [2.24, 2.45) is 0 Å². The summed E-state index contributed by atoms with van der Waals surface area (Å²) < 4.78 is 15.8. The molecule has 0 saturated carbocycles. The molecule has 1 aliphatic heterocycles. The van der Waals surface area contributed by atoms with Gasteiger partial charge in [0, 0.05) is 0 Å². The van der Waals surface area contributed by atoms with Crippen LogP contribution in [0.5, 0.6) is 0 Å². The molecule has 1 aliphatic rings. The van der Waals surface area contributed by atoms with Gasteiger partial charge in [0.2, 0.25) is 0 Å². The van der Waals surface area contributed by atoms with Crippen molar-refractivity contribution in [3.8, 4) is 0 Å². The quantitative estimate of drug-likeness (QED) is 0.134. The maximum atomic E-state index is 9.94. The first-order chi connectivity index (χ1) is 16.0. The minimum absolute atomic E-state index is 0.0202. The van der Waals surface area contributed by atoms with E-state index in [1.807, 2.05) is 6.08 Å². The Labute approximate surface area is 199 Å². The van der Waals surface area contributed by atoms with Gasteiger partial charge in [-0.25, -0.2) is 0 Å². The molecule has 1 fully saturated rings. The molecule has 196 valence electrons. The lowest BCUT2D eigenvalue weighted by atomic mass is 9.99. The van der Waals surface area contributed by atoms with Crippen LogP contribution in [0, 0.1) is 0 Å². The second-order valence-corrected chi connectivity index (χ2v) is 9.07. The van der Waals surface area contributed by atoms with Crippen molar-refractivity contribution in [1.82, 2.24) is 0 Å². The predicted molar refractivity (Wildman–Crippen MR) is 127 cm³/mol. The van der Waals surface area contributed by atoms with Gasteiger partial charge in [0.15, 0.2) is 6.29 Å². The van der Waals surface area contributed by atoms with E-state index in [4.69, 9.17) is 19.3 Å². The predicted octanol–water partition coefficient (Wildman–Crippen LogP) is 2.79. The van der Waals surface area contributed by atoms with E-state index in [1.54, 1.807) is 6.26 Å². The molecule has 0 bridgehead atoms. The van der Waals surface area contributed by atoms with E-state index in [9.17, 15) is 20.4 Å². The van der Waals surface area contributed by atoms with Gasteiger partial charge >= 0.3 is 0 Å². The lowest BCUT2D eigenvalue weighted by Gasteiger charge is -2.39. The monoisotopic (exact) mass is 476 g/mol. The van der Waals surface area contributed by atoms with Crippen LogP contribution >= 0.6 is 0 Å². The highest BCUT2D eigenvalue weighted by atomic mass is 16.7. The van der Waals surface area contributed by atoms with Crippen LogP contribution in [0.3, 0.4) is 0 Å². The highest BCUT2D eigenvalue weighted by Crippen LogP contribution is 2.22. The summed E-state index contributed by atoms with van der Waals surface area (Å²) in [5.74, 6) is 0. The third kappa shape index (κ3) is 13.7. The van der Waals surface area contributed by atoms with Crippen molar-refractivity contribution in [2.75, 3.05) is 19.8 Å². The maximum Gasteiger partial charge on any atom is 0.186 e. The average Bonchev–Trinajstić information content (AvgIpc) is 2.82. The zero-order chi connectivity index (χ0) is 24.3. The Morgan fingerprint density at radius 1 is 0.788 bits per heavy atom. The van der Waals surface area contributed by atoms with E-state index >= 15 is 0 Å². The number of rotatable bonds is 20. The molecule has 0 aromatic rings. The molecule has 0 radical (unpaired) electrons. The van der Waals surface area contributed by atoms with E-state index in [0.717, 1.165) is 12.8 Å². The van der Waals surface area contributed by atoms with Crippen LogP contribution in [0.1, 0.15) is 90.4 Å². The summed E-state index contributed by atoms with van der Waals surface area (Å²) in [4.78, 5) is 0. The minimum atomic E-state index is -1.50. The molecule has 8 nitrogen and oxygen atoms in total. The Balaban J connectivity index is 1.95. The van der Waals surface area contributed by atoms with Crippen molar-refractivity contribution in [1.29, 1.82) is 0 Å². The number of allylic oxidation sites excluding steroid dienone is 1. The second-order valence-electron chi connectivity index (χ2n) is 9.07. The number of aliphatic hydroxyl groups is 5. The fourth-order valence-corrected chi connectivity index (χ4v) is 3.87. The van der Waals surface area contributed by atoms with Gasteiger partial charge in [-0.15, -0.1) is 0 Å². The topological polar surface area (TPSA) is 129 Å². The van der Waals surface area contributed by atoms with Crippen LogP contribution in [0.25, 0.3) is 0 Å². The van der Waals surface area contributed by atoms with Crippen molar-refractivity contribution in [3.63, 3.8) is 0 Å². The maximum absolute atomic E-state index is 9.94. The Morgan fingerprint density at radius 3 is 1.94 bits per heavy atom. The summed E-state index contributed by atoms with van der Waals surface area (Å²) in [7, 11) is 0. The van der Waals surface area contributed by atoms with Gasteiger partial charge in [-0.05, 0) is 18.9 Å². The van der Waals surface area contributed by atoms with E-state index < -0.39 is 43.4 Å². The zero-order valence-corrected chi connectivity index (χ0v) is 20.4. The number of hydrogen-bond donors (Lipinski definition) is 5. The number of unbranched alkanes of at least 4 members (excludes halogenated alkanes) is 12. The first kappa shape index (κ1) is 30.3. The molecule has 5 N–H and O–H groups in total. The largest absolute Gasteiger partial charge is 0.499 e. The number of ether oxygens (including phenoxy) is 3. The molecular weight excluding hydrogens is 428 g/mol. The van der Waals surface area contributed by atoms with Crippen molar-refractivity contribution in [3.05, 3.63) is 12.3 Å². The van der Waals surface area contributed by atoms with Crippen LogP contribution in [0.4, 0.5) is 0 Å². The number of hydrogen-bond acceptors (Lipinski definition) is 8. The van der Waals surface area contributed by atoms with Crippen LogP contribution in [0.15, 0.2) is 12.3 Å². The van der Waals surface area contributed by atoms with Gasteiger partial charge in [0.1, 0.15) is 37.1 Å². The van der Waals surface area contributed by atoms with E-state index in [-0.39, 0.29) is 13.2 Å². The Morgan fingerprint density at radius 2 is 1.36 bits per heavy atom. The molecule has 1 rings (SSSR count). The fraction of sp³-hybridized carbons (Fsp3) is 0.920. The Kier molecular flexibility index (Phi) is 17.9. The molecule has 0 aromatic carbocycles. The molecule has 0 aliphatic carbocycles. The first-order valence-corrected chi connectivity index (χ1v) is 12.9. The zero-order valence-electron chi connectivity index (χ0n) is 20.4. The highest BCUT2D eigenvalue weighted by molar-refractivity contribution is 4.89. The van der Waals surface area contributed by atoms with Crippen LogP contribution in [-0.2, 0) is 14.2 Å². The van der Waals surface area contributed by atoms with Gasteiger partial charge in [0.05, 0.1) is 19.5 Å². The molecule has 1 saturated heterocycles. The van der Waals surface area contributed by atoms with Crippen molar-refractivity contribution < 1.29 is 39.7 Å². The lowest BCUT2D eigenvalue weighted by Crippen LogP contribution is -2.59. The minimum Gasteiger partial charge on any atom is -0.499 e. The highest BCUT2D eigenvalue weighted by Gasteiger charge is 2.44. The molecule has 0 spiro atoms. The van der Waals surface area contributed by atoms with Gasteiger partial charge in [0.25, 0.3) is 0 Å². The van der Waals surface area contributed by atoms with Crippen LogP contribution < -0.4 is 0 Å². The molecule has 1 unspecified atom stereocenters. The van der Waals surface area contributed by atoms with E-state index in [2.05, 4.69) is 6.92 Å². The average molecular weight is 477 g/mol. The van der Waals surface area contributed by atoms with E-state index in [1.165, 1.54) is 70.6 Å². The van der Waals surface area contributed by atoms with Gasteiger partial charge in [-0.3, -0.25) is 0 Å². The fourth-order valence-electron chi connectivity index (χ4n) is 3.87. The molecular formula is C25H48O8. The third-order valence-electron chi connectivity index (χ3n) is 6.01. The van der Waals surface area contributed by atoms with E-state index in [0.29, 0.717) is 0 Å². The summed E-state index contributed by atoms with van der Waals surface area (Å²) in [5.41, 5.74) is 0. The first-order valence-electron chi connectivity index (χ1n) is 12.9. The smallest absolute Gasteiger partial charge is 0.186 e. The summed E-state index contributed by atoms with van der Waals surface area (Å²) >= 11 is 0. The van der Waals surface area contributed by atoms with Gasteiger partial charge in [-0.1, -0.05) is 77.6 Å². The normalized spacial score (nSPS) is 26.7. The van der Waals surface area contributed by atoms with Gasteiger partial charge < -0.3 is 39.7 Å². The standard InChI is InChI=1S/C25H48O8/c1-2-3-4-5-6-7-8-9-10-11-12-13-14-15-16-31-18-20(27)19-32-25-24(30)23(29)22(28)21(17-26)33-25/h15-16,20-30H,2-14,17-19H2,1H3/t20?,21-,22+,23+,24-,25-/m1/s1. The molecule has 8 heteroatoms. The summed E-state index contributed by atoms with van der Waals surface area (Å²) in [6, 6.07) is 0. The Hall–Kier alpha value is -0.740. The molecule has 1 heterocycles. The third-order valence-corrected chi connectivity index (χ3v) is 6.01. The molecule has 0 amide bonds. The molecule has 0 aromatic heterocycles.